The summed E-state index contributed by atoms with van der Waals surface area (Å²) in [4.78, 5) is 24.3. The first-order valence-corrected chi connectivity index (χ1v) is 7.52. The number of nitrogen functional groups attached to an aromatic ring is 1. The molecule has 24 heavy (non-hydrogen) atoms. The summed E-state index contributed by atoms with van der Waals surface area (Å²) in [6.45, 7) is -0.0219. The van der Waals surface area contributed by atoms with Gasteiger partial charge in [-0.15, -0.1) is 0 Å². The molecule has 0 aliphatic heterocycles. The molecule has 0 saturated carbocycles. The van der Waals surface area contributed by atoms with Crippen molar-refractivity contribution in [3.63, 3.8) is 0 Å². The van der Waals surface area contributed by atoms with Crippen molar-refractivity contribution in [2.75, 3.05) is 11.1 Å². The van der Waals surface area contributed by atoms with Gasteiger partial charge in [0.25, 0.3) is 5.56 Å². The van der Waals surface area contributed by atoms with Crippen molar-refractivity contribution in [2.24, 2.45) is 0 Å². The predicted molar refractivity (Wildman–Crippen MR) is 91.6 cm³/mol. The monoisotopic (exact) mass is 363 g/mol. The van der Waals surface area contributed by atoms with E-state index < -0.39 is 5.56 Å². The van der Waals surface area contributed by atoms with E-state index in [2.05, 4.69) is 25.4 Å². The first-order chi connectivity index (χ1) is 11.5. The Labute approximate surface area is 146 Å². The summed E-state index contributed by atoms with van der Waals surface area (Å²) in [6, 6.07) is 9.33. The second-order valence-corrected chi connectivity index (χ2v) is 5.48. The van der Waals surface area contributed by atoms with Gasteiger partial charge in [0, 0.05) is 5.69 Å². The molecular formula is C14H11Cl2N7O. The number of para-hydroxylation sites is 1. The van der Waals surface area contributed by atoms with E-state index in [1.165, 1.54) is 6.20 Å². The molecule has 0 aliphatic carbocycles. The van der Waals surface area contributed by atoms with Gasteiger partial charge < -0.3 is 11.1 Å². The third-order valence-corrected chi connectivity index (χ3v) is 3.71. The van der Waals surface area contributed by atoms with Crippen LogP contribution in [0.4, 0.5) is 17.6 Å². The van der Waals surface area contributed by atoms with Crippen molar-refractivity contribution in [2.45, 2.75) is 6.54 Å². The lowest BCUT2D eigenvalue weighted by Crippen LogP contribution is -2.25. The molecule has 10 heteroatoms. The highest BCUT2D eigenvalue weighted by atomic mass is 35.5. The number of aromatic nitrogens is 5. The first-order valence-electron chi connectivity index (χ1n) is 6.76. The third kappa shape index (κ3) is 3.61. The molecule has 0 bridgehead atoms. The molecule has 2 heterocycles. The number of benzene rings is 1. The van der Waals surface area contributed by atoms with Crippen LogP contribution in [0.2, 0.25) is 10.0 Å². The summed E-state index contributed by atoms with van der Waals surface area (Å²) in [5.74, 6) is 0.539. The highest BCUT2D eigenvalue weighted by Gasteiger charge is 2.11. The highest BCUT2D eigenvalue weighted by molar-refractivity contribution is 6.41. The summed E-state index contributed by atoms with van der Waals surface area (Å²) < 4.78 is 1.09. The van der Waals surface area contributed by atoms with Crippen LogP contribution in [-0.4, -0.2) is 24.7 Å². The minimum atomic E-state index is -0.541. The molecule has 0 saturated heterocycles. The number of nitrogens with zero attached hydrogens (tertiary/aromatic N) is 5. The average Bonchev–Trinajstić information content (AvgIpc) is 2.56. The standard InChI is InChI=1S/C14H11Cl2N7O/c15-9-6-18-23(12(24)11(9)16)7-10-20-13(17)22-14(21-10)19-8-4-2-1-3-5-8/h1-6H,7H2,(H3,17,19,20,21,22). The van der Waals surface area contributed by atoms with E-state index in [1.807, 2.05) is 30.3 Å². The van der Waals surface area contributed by atoms with E-state index in [9.17, 15) is 4.79 Å². The van der Waals surface area contributed by atoms with Crippen molar-refractivity contribution in [1.82, 2.24) is 24.7 Å². The quantitative estimate of drug-likeness (QED) is 0.729. The number of rotatable bonds is 4. The Kier molecular flexibility index (Phi) is 4.59. The van der Waals surface area contributed by atoms with Crippen molar-refractivity contribution in [1.29, 1.82) is 0 Å². The second-order valence-electron chi connectivity index (χ2n) is 4.69. The van der Waals surface area contributed by atoms with E-state index in [0.29, 0.717) is 0 Å². The predicted octanol–water partition coefficient (Wildman–Crippen LogP) is 2.11. The zero-order valence-corrected chi connectivity index (χ0v) is 13.7. The molecule has 8 nitrogen and oxygen atoms in total. The maximum atomic E-state index is 12.0. The maximum Gasteiger partial charge on any atom is 0.287 e. The topological polar surface area (TPSA) is 112 Å². The lowest BCUT2D eigenvalue weighted by atomic mass is 10.3. The van der Waals surface area contributed by atoms with Gasteiger partial charge in [0.1, 0.15) is 11.6 Å². The molecule has 3 N–H and O–H groups in total. The lowest BCUT2D eigenvalue weighted by Gasteiger charge is -2.08. The van der Waals surface area contributed by atoms with Crippen molar-refractivity contribution in [3.05, 3.63) is 62.8 Å². The minimum Gasteiger partial charge on any atom is -0.368 e. The smallest absolute Gasteiger partial charge is 0.287 e. The zero-order valence-electron chi connectivity index (χ0n) is 12.1. The molecule has 1 aromatic carbocycles. The number of halogens is 2. The SMILES string of the molecule is Nc1nc(Cn2ncc(Cl)c(Cl)c2=O)nc(Nc2ccccc2)n1. The van der Waals surface area contributed by atoms with Gasteiger partial charge in [-0.1, -0.05) is 41.4 Å². The molecule has 0 aliphatic rings. The normalized spacial score (nSPS) is 10.6. The molecule has 0 unspecified atom stereocenters. The molecule has 0 radical (unpaired) electrons. The van der Waals surface area contributed by atoms with Gasteiger partial charge in [-0.2, -0.15) is 20.1 Å². The molecule has 3 rings (SSSR count). The summed E-state index contributed by atoms with van der Waals surface area (Å²) >= 11 is 11.6. The average molecular weight is 364 g/mol. The van der Waals surface area contributed by atoms with E-state index in [-0.39, 0.29) is 34.3 Å². The summed E-state index contributed by atoms with van der Waals surface area (Å²) in [5, 5.41) is 6.88. The highest BCUT2D eigenvalue weighted by Crippen LogP contribution is 2.15. The van der Waals surface area contributed by atoms with E-state index in [1.54, 1.807) is 0 Å². The van der Waals surface area contributed by atoms with Gasteiger partial charge in [-0.05, 0) is 12.1 Å². The molecule has 0 atom stereocenters. The van der Waals surface area contributed by atoms with Crippen LogP contribution in [-0.2, 0) is 6.54 Å². The first kappa shape index (κ1) is 16.2. The Morgan fingerprint density at radius 1 is 1.12 bits per heavy atom. The zero-order chi connectivity index (χ0) is 17.1. The molecule has 0 spiro atoms. The van der Waals surface area contributed by atoms with Gasteiger partial charge in [-0.25, -0.2) is 4.68 Å². The number of nitrogens with two attached hydrogens (primary N) is 1. The molecule has 0 amide bonds. The Bertz CT molecular complexity index is 930. The van der Waals surface area contributed by atoms with Crippen LogP contribution < -0.4 is 16.6 Å². The molecular weight excluding hydrogens is 353 g/mol. The van der Waals surface area contributed by atoms with E-state index in [0.717, 1.165) is 10.4 Å². The molecule has 122 valence electrons. The second kappa shape index (κ2) is 6.81. The van der Waals surface area contributed by atoms with Crippen LogP contribution in [0.5, 0.6) is 0 Å². The van der Waals surface area contributed by atoms with Crippen molar-refractivity contribution >= 4 is 40.8 Å². The minimum absolute atomic E-state index is 0.0199. The van der Waals surface area contributed by atoms with E-state index >= 15 is 0 Å². The Morgan fingerprint density at radius 3 is 2.62 bits per heavy atom. The van der Waals surface area contributed by atoms with Crippen LogP contribution >= 0.6 is 23.2 Å². The van der Waals surface area contributed by atoms with Crippen molar-refractivity contribution in [3.8, 4) is 0 Å². The number of hydrogen-bond acceptors (Lipinski definition) is 7. The molecule has 0 fully saturated rings. The fourth-order valence-electron chi connectivity index (χ4n) is 1.91. The maximum absolute atomic E-state index is 12.0. The van der Waals surface area contributed by atoms with Crippen LogP contribution in [0.3, 0.4) is 0 Å². The Balaban J connectivity index is 1.89. The number of anilines is 3. The van der Waals surface area contributed by atoms with Crippen LogP contribution in [0.25, 0.3) is 0 Å². The fraction of sp³-hybridized carbons (Fsp3) is 0.0714. The van der Waals surface area contributed by atoms with Gasteiger partial charge in [0.05, 0.1) is 11.2 Å². The third-order valence-electron chi connectivity index (χ3n) is 2.96. The Hall–Kier alpha value is -2.71. The van der Waals surface area contributed by atoms with Crippen LogP contribution in [0, 0.1) is 0 Å². The van der Waals surface area contributed by atoms with Gasteiger partial charge in [0.15, 0.2) is 5.82 Å². The van der Waals surface area contributed by atoms with Gasteiger partial charge >= 0.3 is 0 Å². The van der Waals surface area contributed by atoms with Gasteiger partial charge in [-0.3, -0.25) is 4.79 Å². The summed E-state index contributed by atoms with van der Waals surface area (Å²) in [6.07, 6.45) is 1.28. The Morgan fingerprint density at radius 2 is 1.88 bits per heavy atom. The lowest BCUT2D eigenvalue weighted by molar-refractivity contribution is 0.613. The number of nitrogens with one attached hydrogen (secondary N) is 1. The van der Waals surface area contributed by atoms with E-state index in [4.69, 9.17) is 28.9 Å². The number of hydrogen-bond donors (Lipinski definition) is 2. The van der Waals surface area contributed by atoms with Crippen LogP contribution in [0.1, 0.15) is 5.82 Å². The largest absolute Gasteiger partial charge is 0.368 e. The van der Waals surface area contributed by atoms with Gasteiger partial charge in [0.2, 0.25) is 11.9 Å². The molecule has 2 aromatic heterocycles. The van der Waals surface area contributed by atoms with Crippen LogP contribution in [0.15, 0.2) is 41.3 Å². The summed E-state index contributed by atoms with van der Waals surface area (Å²) in [7, 11) is 0. The molecule has 3 aromatic rings. The summed E-state index contributed by atoms with van der Waals surface area (Å²) in [5.41, 5.74) is 5.95. The van der Waals surface area contributed by atoms with Crippen molar-refractivity contribution < 1.29 is 0 Å². The fourth-order valence-corrected chi connectivity index (χ4v) is 2.18.